The third kappa shape index (κ3) is 5.44. The fourth-order valence-corrected chi connectivity index (χ4v) is 4.40. The van der Waals surface area contributed by atoms with Crippen molar-refractivity contribution in [3.8, 4) is 5.75 Å². The molecule has 2 aromatic rings. The third-order valence-corrected chi connectivity index (χ3v) is 6.39. The van der Waals surface area contributed by atoms with Crippen LogP contribution in [0.5, 0.6) is 5.75 Å². The smallest absolute Gasteiger partial charge is 0.418 e. The Labute approximate surface area is 177 Å². The molecule has 164 valence electrons. The summed E-state index contributed by atoms with van der Waals surface area (Å²) in [6.07, 6.45) is -4.75. The summed E-state index contributed by atoms with van der Waals surface area (Å²) in [4.78, 5) is 12.3. The molecule has 0 spiro atoms. The molecule has 2 rings (SSSR count). The Kier molecular flexibility index (Phi) is 7.38. The second-order valence-electron chi connectivity index (χ2n) is 6.30. The number of nitrogens with zero attached hydrogens (tertiary/aromatic N) is 1. The van der Waals surface area contributed by atoms with Gasteiger partial charge in [0.1, 0.15) is 5.75 Å². The van der Waals surface area contributed by atoms with Gasteiger partial charge in [-0.15, -0.1) is 0 Å². The Balaban J connectivity index is 2.26. The molecule has 0 unspecified atom stereocenters. The van der Waals surface area contributed by atoms with Crippen LogP contribution in [-0.2, 0) is 21.0 Å². The molecule has 0 aromatic heterocycles. The number of nitrogens with one attached hydrogen (secondary N) is 1. The lowest BCUT2D eigenvalue weighted by atomic mass is 10.1. The molecule has 0 aliphatic rings. The maximum absolute atomic E-state index is 13.2. The highest BCUT2D eigenvalue weighted by Gasteiger charge is 2.34. The van der Waals surface area contributed by atoms with E-state index < -0.39 is 39.9 Å². The predicted octanol–water partition coefficient (Wildman–Crippen LogP) is 4.33. The van der Waals surface area contributed by atoms with E-state index in [4.69, 9.17) is 16.3 Å². The van der Waals surface area contributed by atoms with E-state index in [9.17, 15) is 26.4 Å². The van der Waals surface area contributed by atoms with E-state index in [1.807, 2.05) is 0 Å². The number of hydrogen-bond acceptors (Lipinski definition) is 4. The first-order valence-corrected chi connectivity index (χ1v) is 10.5. The molecule has 1 N–H and O–H groups in total. The molecule has 0 aliphatic carbocycles. The van der Waals surface area contributed by atoms with Crippen molar-refractivity contribution in [3.63, 3.8) is 0 Å². The summed E-state index contributed by atoms with van der Waals surface area (Å²) in [6.45, 7) is 2.46. The van der Waals surface area contributed by atoms with Crippen LogP contribution in [-0.4, -0.2) is 38.8 Å². The SMILES string of the molecule is CCN(CC(=O)Nc1ccc(Cl)cc1C(F)(F)F)S(=O)(=O)c1ccc(OC)c(C)c1. The van der Waals surface area contributed by atoms with Gasteiger partial charge in [-0.05, 0) is 48.9 Å². The number of hydrogen-bond donors (Lipinski definition) is 1. The highest BCUT2D eigenvalue weighted by Crippen LogP contribution is 2.36. The number of halogens is 4. The molecular weight excluding hydrogens is 445 g/mol. The van der Waals surface area contributed by atoms with Gasteiger partial charge in [0.05, 0.1) is 29.8 Å². The summed E-state index contributed by atoms with van der Waals surface area (Å²) >= 11 is 5.62. The van der Waals surface area contributed by atoms with Crippen LogP contribution >= 0.6 is 11.6 Å². The van der Waals surface area contributed by atoms with Crippen molar-refractivity contribution < 1.29 is 31.1 Å². The molecule has 2 aromatic carbocycles. The van der Waals surface area contributed by atoms with Gasteiger partial charge >= 0.3 is 6.18 Å². The second-order valence-corrected chi connectivity index (χ2v) is 8.67. The van der Waals surface area contributed by atoms with Gasteiger partial charge < -0.3 is 10.1 Å². The topological polar surface area (TPSA) is 75.7 Å². The number of likely N-dealkylation sites (N-methyl/N-ethyl adjacent to an activating group) is 1. The van der Waals surface area contributed by atoms with E-state index in [2.05, 4.69) is 5.32 Å². The summed E-state index contributed by atoms with van der Waals surface area (Å²) in [6, 6.07) is 7.12. The molecule has 0 aliphatic heterocycles. The number of sulfonamides is 1. The normalized spacial score (nSPS) is 12.1. The zero-order chi connectivity index (χ0) is 22.7. The number of ether oxygens (including phenoxy) is 1. The van der Waals surface area contributed by atoms with Crippen molar-refractivity contribution in [2.24, 2.45) is 0 Å². The van der Waals surface area contributed by atoms with Crippen LogP contribution in [0, 0.1) is 6.92 Å². The van der Waals surface area contributed by atoms with Crippen molar-refractivity contribution in [2.45, 2.75) is 24.9 Å². The van der Waals surface area contributed by atoms with E-state index in [1.54, 1.807) is 6.92 Å². The van der Waals surface area contributed by atoms with Crippen LogP contribution in [0.1, 0.15) is 18.1 Å². The second kappa shape index (κ2) is 9.23. The van der Waals surface area contributed by atoms with E-state index in [0.717, 1.165) is 10.4 Å². The maximum atomic E-state index is 13.2. The van der Waals surface area contributed by atoms with Gasteiger partial charge in [0.25, 0.3) is 0 Å². The monoisotopic (exact) mass is 464 g/mol. The minimum absolute atomic E-state index is 0.0575. The van der Waals surface area contributed by atoms with Crippen LogP contribution in [0.15, 0.2) is 41.3 Å². The summed E-state index contributed by atoms with van der Waals surface area (Å²) in [5.41, 5.74) is -1.05. The van der Waals surface area contributed by atoms with E-state index in [1.165, 1.54) is 38.3 Å². The number of carbonyl (C=O) groups is 1. The molecule has 0 saturated carbocycles. The van der Waals surface area contributed by atoms with E-state index in [-0.39, 0.29) is 16.5 Å². The quantitative estimate of drug-likeness (QED) is 0.662. The molecule has 0 saturated heterocycles. The summed E-state index contributed by atoms with van der Waals surface area (Å²) in [5.74, 6) is -0.421. The standard InChI is InChI=1S/C19H20ClF3N2O4S/c1-4-25(30(27,28)14-6-8-17(29-3)12(2)9-14)11-18(26)24-16-7-5-13(20)10-15(16)19(21,22)23/h5-10H,4,11H2,1-3H3,(H,24,26). The predicted molar refractivity (Wildman–Crippen MR) is 107 cm³/mol. The van der Waals surface area contributed by atoms with Gasteiger partial charge in [0.15, 0.2) is 0 Å². The first kappa shape index (κ1) is 24.0. The lowest BCUT2D eigenvalue weighted by molar-refractivity contribution is -0.137. The highest BCUT2D eigenvalue weighted by atomic mass is 35.5. The Morgan fingerprint density at radius 1 is 1.20 bits per heavy atom. The number of carbonyl (C=O) groups excluding carboxylic acids is 1. The van der Waals surface area contributed by atoms with Gasteiger partial charge in [-0.25, -0.2) is 8.42 Å². The van der Waals surface area contributed by atoms with Crippen molar-refractivity contribution >= 4 is 33.2 Å². The minimum Gasteiger partial charge on any atom is -0.496 e. The van der Waals surface area contributed by atoms with E-state index >= 15 is 0 Å². The van der Waals surface area contributed by atoms with Crippen LogP contribution < -0.4 is 10.1 Å². The minimum atomic E-state index is -4.75. The molecule has 1 amide bonds. The summed E-state index contributed by atoms with van der Waals surface area (Å²) in [7, 11) is -2.61. The van der Waals surface area contributed by atoms with Crippen LogP contribution in [0.2, 0.25) is 5.02 Å². The van der Waals surface area contributed by atoms with Crippen molar-refractivity contribution in [1.29, 1.82) is 0 Å². The van der Waals surface area contributed by atoms with Gasteiger partial charge in [-0.3, -0.25) is 4.79 Å². The highest BCUT2D eigenvalue weighted by molar-refractivity contribution is 7.89. The molecule has 11 heteroatoms. The number of methoxy groups -OCH3 is 1. The number of benzene rings is 2. The number of aryl methyl sites for hydroxylation is 1. The molecule has 6 nitrogen and oxygen atoms in total. The number of alkyl halides is 3. The van der Waals surface area contributed by atoms with Crippen LogP contribution in [0.4, 0.5) is 18.9 Å². The van der Waals surface area contributed by atoms with Crippen molar-refractivity contribution in [1.82, 2.24) is 4.31 Å². The number of amides is 1. The van der Waals surface area contributed by atoms with Gasteiger partial charge in [-0.1, -0.05) is 18.5 Å². The molecular formula is C19H20ClF3N2O4S. The third-order valence-electron chi connectivity index (χ3n) is 4.24. The molecule has 0 fully saturated rings. The fourth-order valence-electron chi connectivity index (χ4n) is 2.74. The average molecular weight is 465 g/mol. The van der Waals surface area contributed by atoms with Crippen molar-refractivity contribution in [2.75, 3.05) is 25.5 Å². The first-order valence-electron chi connectivity index (χ1n) is 8.71. The molecule has 0 atom stereocenters. The zero-order valence-electron chi connectivity index (χ0n) is 16.4. The van der Waals surface area contributed by atoms with Gasteiger partial charge in [0.2, 0.25) is 15.9 Å². The van der Waals surface area contributed by atoms with Gasteiger partial charge in [-0.2, -0.15) is 17.5 Å². The first-order chi connectivity index (χ1) is 13.9. The number of anilines is 1. The van der Waals surface area contributed by atoms with Crippen LogP contribution in [0.3, 0.4) is 0 Å². The Morgan fingerprint density at radius 2 is 1.87 bits per heavy atom. The molecule has 30 heavy (non-hydrogen) atoms. The van der Waals surface area contributed by atoms with Crippen molar-refractivity contribution in [3.05, 3.63) is 52.5 Å². The van der Waals surface area contributed by atoms with Gasteiger partial charge in [0, 0.05) is 11.6 Å². The average Bonchev–Trinajstić information content (AvgIpc) is 2.66. The summed E-state index contributed by atoms with van der Waals surface area (Å²) in [5, 5.41) is 1.97. The maximum Gasteiger partial charge on any atom is 0.418 e. The largest absolute Gasteiger partial charge is 0.496 e. The van der Waals surface area contributed by atoms with E-state index in [0.29, 0.717) is 17.4 Å². The summed E-state index contributed by atoms with van der Waals surface area (Å²) < 4.78 is 71.3. The zero-order valence-corrected chi connectivity index (χ0v) is 18.0. The fraction of sp³-hybridized carbons (Fsp3) is 0.316. The lowest BCUT2D eigenvalue weighted by Gasteiger charge is -2.21. The lowest BCUT2D eigenvalue weighted by Crippen LogP contribution is -2.38. The number of rotatable bonds is 7. The molecule has 0 bridgehead atoms. The Morgan fingerprint density at radius 3 is 2.40 bits per heavy atom. The Bertz CT molecular complexity index is 1040. The molecule has 0 heterocycles. The Hall–Kier alpha value is -2.30. The molecule has 0 radical (unpaired) electrons. The van der Waals surface area contributed by atoms with Crippen LogP contribution in [0.25, 0.3) is 0 Å².